The highest BCUT2D eigenvalue weighted by Gasteiger charge is 2.43. The number of rotatable bonds is 4. The van der Waals surface area contributed by atoms with E-state index in [-0.39, 0.29) is 11.3 Å². The standard InChI is InChI=1S/C15H16F3NO2/c1-2-21-11-8-7-9-5-3-4-6-10(9)12(11)13(19)14(20)15(16,17)18/h3-8,13-14,20H,2,19H2,1H3/t13-,14-/m0/s1. The molecule has 2 aromatic carbocycles. The van der Waals surface area contributed by atoms with Crippen LogP contribution < -0.4 is 10.5 Å². The van der Waals surface area contributed by atoms with Gasteiger partial charge in [0.2, 0.25) is 0 Å². The Morgan fingerprint density at radius 2 is 1.86 bits per heavy atom. The molecule has 0 amide bonds. The number of hydrogen-bond acceptors (Lipinski definition) is 3. The van der Waals surface area contributed by atoms with Gasteiger partial charge in [0, 0.05) is 5.56 Å². The van der Waals surface area contributed by atoms with Crippen molar-refractivity contribution in [2.45, 2.75) is 25.2 Å². The van der Waals surface area contributed by atoms with Crippen molar-refractivity contribution in [3.8, 4) is 5.75 Å². The van der Waals surface area contributed by atoms with Crippen LogP contribution in [0, 0.1) is 0 Å². The van der Waals surface area contributed by atoms with Gasteiger partial charge in [0.05, 0.1) is 12.6 Å². The average molecular weight is 299 g/mol. The summed E-state index contributed by atoms with van der Waals surface area (Å²) in [5.74, 6) is 0.256. The molecular formula is C15H16F3NO2. The summed E-state index contributed by atoms with van der Waals surface area (Å²) in [6, 6.07) is 8.61. The second kappa shape index (κ2) is 5.91. The first-order chi connectivity index (χ1) is 9.86. The third-order valence-electron chi connectivity index (χ3n) is 3.24. The van der Waals surface area contributed by atoms with Crippen molar-refractivity contribution in [2.75, 3.05) is 6.61 Å². The zero-order chi connectivity index (χ0) is 15.6. The Morgan fingerprint density at radius 1 is 1.19 bits per heavy atom. The average Bonchev–Trinajstić information content (AvgIpc) is 2.45. The second-order valence-electron chi connectivity index (χ2n) is 4.64. The normalized spacial score (nSPS) is 15.0. The van der Waals surface area contributed by atoms with Crippen molar-refractivity contribution in [1.29, 1.82) is 0 Å². The van der Waals surface area contributed by atoms with E-state index in [1.54, 1.807) is 43.3 Å². The molecule has 0 saturated carbocycles. The second-order valence-corrected chi connectivity index (χ2v) is 4.64. The molecule has 0 aromatic heterocycles. The van der Waals surface area contributed by atoms with Gasteiger partial charge in [0.15, 0.2) is 6.10 Å². The number of nitrogens with two attached hydrogens (primary N) is 1. The summed E-state index contributed by atoms with van der Waals surface area (Å²) in [5.41, 5.74) is 5.84. The van der Waals surface area contributed by atoms with Crippen LogP contribution in [0.1, 0.15) is 18.5 Å². The fourth-order valence-electron chi connectivity index (χ4n) is 2.26. The van der Waals surface area contributed by atoms with Gasteiger partial charge in [-0.2, -0.15) is 13.2 Å². The molecule has 0 unspecified atom stereocenters. The lowest BCUT2D eigenvalue weighted by atomic mass is 9.94. The highest BCUT2D eigenvalue weighted by molar-refractivity contribution is 5.88. The quantitative estimate of drug-likeness (QED) is 0.911. The molecule has 3 nitrogen and oxygen atoms in total. The van der Waals surface area contributed by atoms with Crippen LogP contribution in [0.5, 0.6) is 5.75 Å². The Labute approximate surface area is 120 Å². The van der Waals surface area contributed by atoms with Crippen molar-refractivity contribution in [2.24, 2.45) is 5.73 Å². The van der Waals surface area contributed by atoms with Crippen LogP contribution in [0.3, 0.4) is 0 Å². The number of ether oxygens (including phenoxy) is 1. The Balaban J connectivity index is 2.61. The molecule has 0 saturated heterocycles. The zero-order valence-electron chi connectivity index (χ0n) is 11.4. The molecule has 114 valence electrons. The monoisotopic (exact) mass is 299 g/mol. The van der Waals surface area contributed by atoms with E-state index in [2.05, 4.69) is 0 Å². The van der Waals surface area contributed by atoms with Crippen LogP contribution >= 0.6 is 0 Å². The van der Waals surface area contributed by atoms with E-state index >= 15 is 0 Å². The number of aliphatic hydroxyl groups is 1. The Kier molecular flexibility index (Phi) is 4.39. The summed E-state index contributed by atoms with van der Waals surface area (Å²) in [4.78, 5) is 0. The first kappa shape index (κ1) is 15.6. The molecule has 2 rings (SSSR count). The van der Waals surface area contributed by atoms with Crippen LogP contribution in [-0.4, -0.2) is 24.0 Å². The molecule has 2 aromatic rings. The molecule has 0 spiro atoms. The van der Waals surface area contributed by atoms with Gasteiger partial charge in [0.1, 0.15) is 5.75 Å². The molecular weight excluding hydrogens is 283 g/mol. The number of halogens is 3. The summed E-state index contributed by atoms with van der Waals surface area (Å²) in [7, 11) is 0. The van der Waals surface area contributed by atoms with E-state index in [9.17, 15) is 18.3 Å². The molecule has 0 heterocycles. The molecule has 2 atom stereocenters. The number of hydrogen-bond donors (Lipinski definition) is 2. The third kappa shape index (κ3) is 3.11. The van der Waals surface area contributed by atoms with Crippen molar-refractivity contribution in [3.63, 3.8) is 0 Å². The lowest BCUT2D eigenvalue weighted by molar-refractivity contribution is -0.210. The lowest BCUT2D eigenvalue weighted by Gasteiger charge is -2.25. The Hall–Kier alpha value is -1.79. The molecule has 0 radical (unpaired) electrons. The highest BCUT2D eigenvalue weighted by Crippen LogP contribution is 2.37. The van der Waals surface area contributed by atoms with E-state index in [4.69, 9.17) is 10.5 Å². The van der Waals surface area contributed by atoms with Gasteiger partial charge < -0.3 is 15.6 Å². The minimum Gasteiger partial charge on any atom is -0.494 e. The number of benzene rings is 2. The van der Waals surface area contributed by atoms with Crippen molar-refractivity contribution in [1.82, 2.24) is 0 Å². The number of alkyl halides is 3. The van der Waals surface area contributed by atoms with Crippen molar-refractivity contribution < 1.29 is 23.0 Å². The zero-order valence-corrected chi connectivity index (χ0v) is 11.4. The molecule has 3 N–H and O–H groups in total. The first-order valence-corrected chi connectivity index (χ1v) is 6.51. The Morgan fingerprint density at radius 3 is 2.48 bits per heavy atom. The minimum atomic E-state index is -4.79. The maximum absolute atomic E-state index is 12.7. The summed E-state index contributed by atoms with van der Waals surface area (Å²) in [5, 5.41) is 10.7. The van der Waals surface area contributed by atoms with E-state index in [0.717, 1.165) is 5.39 Å². The fraction of sp³-hybridized carbons (Fsp3) is 0.333. The third-order valence-corrected chi connectivity index (χ3v) is 3.24. The fourth-order valence-corrected chi connectivity index (χ4v) is 2.26. The largest absolute Gasteiger partial charge is 0.494 e. The van der Waals surface area contributed by atoms with Gasteiger partial charge in [-0.3, -0.25) is 0 Å². The van der Waals surface area contributed by atoms with Gasteiger partial charge >= 0.3 is 6.18 Å². The highest BCUT2D eigenvalue weighted by atomic mass is 19.4. The van der Waals surface area contributed by atoms with E-state index in [1.807, 2.05) is 0 Å². The molecule has 6 heteroatoms. The lowest BCUT2D eigenvalue weighted by Crippen LogP contribution is -2.39. The van der Waals surface area contributed by atoms with Crippen LogP contribution in [0.25, 0.3) is 10.8 Å². The molecule has 0 fully saturated rings. The molecule has 0 aliphatic heterocycles. The number of fused-ring (bicyclic) bond motifs is 1. The van der Waals surface area contributed by atoms with Crippen molar-refractivity contribution in [3.05, 3.63) is 42.0 Å². The van der Waals surface area contributed by atoms with Crippen LogP contribution in [-0.2, 0) is 0 Å². The van der Waals surface area contributed by atoms with Gasteiger partial charge in [-0.15, -0.1) is 0 Å². The van der Waals surface area contributed by atoms with Crippen LogP contribution in [0.4, 0.5) is 13.2 Å². The predicted octanol–water partition coefficient (Wildman–Crippen LogP) is 3.16. The van der Waals surface area contributed by atoms with E-state index in [0.29, 0.717) is 12.0 Å². The smallest absolute Gasteiger partial charge is 0.416 e. The maximum atomic E-state index is 12.7. The van der Waals surface area contributed by atoms with Gasteiger partial charge in [-0.05, 0) is 23.8 Å². The predicted molar refractivity (Wildman–Crippen MR) is 74.1 cm³/mol. The maximum Gasteiger partial charge on any atom is 0.416 e. The summed E-state index contributed by atoms with van der Waals surface area (Å²) < 4.78 is 43.6. The first-order valence-electron chi connectivity index (χ1n) is 6.51. The molecule has 21 heavy (non-hydrogen) atoms. The van der Waals surface area contributed by atoms with Gasteiger partial charge in [-0.25, -0.2) is 0 Å². The van der Waals surface area contributed by atoms with E-state index in [1.165, 1.54) is 0 Å². The summed E-state index contributed by atoms with van der Waals surface area (Å²) in [6.45, 7) is 2.02. The van der Waals surface area contributed by atoms with Crippen LogP contribution in [0.15, 0.2) is 36.4 Å². The topological polar surface area (TPSA) is 55.5 Å². The van der Waals surface area contributed by atoms with Gasteiger partial charge in [0.25, 0.3) is 0 Å². The minimum absolute atomic E-state index is 0.166. The summed E-state index contributed by atoms with van der Waals surface area (Å²) >= 11 is 0. The van der Waals surface area contributed by atoms with E-state index < -0.39 is 18.3 Å². The van der Waals surface area contributed by atoms with Crippen LogP contribution in [0.2, 0.25) is 0 Å². The number of aliphatic hydroxyl groups excluding tert-OH is 1. The van der Waals surface area contributed by atoms with Crippen molar-refractivity contribution >= 4 is 10.8 Å². The Bertz CT molecular complexity index is 628. The molecule has 0 aliphatic carbocycles. The van der Waals surface area contributed by atoms with Gasteiger partial charge in [-0.1, -0.05) is 30.3 Å². The summed E-state index contributed by atoms with van der Waals surface area (Å²) in [6.07, 6.45) is -7.44. The molecule has 0 bridgehead atoms. The molecule has 0 aliphatic rings. The SMILES string of the molecule is CCOc1ccc2ccccc2c1[C@H](N)[C@H](O)C(F)(F)F.